The van der Waals surface area contributed by atoms with E-state index in [0.29, 0.717) is 0 Å². The lowest BCUT2D eigenvalue weighted by molar-refractivity contribution is 0.431. The predicted octanol–water partition coefficient (Wildman–Crippen LogP) is 3.89. The standard InChI is InChI=1S/C13H15NOS/c1-9-4-6-12(7-5-9)8-16-13-14-10(2)11(3)15-13/h4-7H,8H2,1-3H3. The van der Waals surface area contributed by atoms with Crippen LogP contribution >= 0.6 is 11.8 Å². The van der Waals surface area contributed by atoms with Gasteiger partial charge in [-0.25, -0.2) is 4.98 Å². The Labute approximate surface area is 100 Å². The summed E-state index contributed by atoms with van der Waals surface area (Å²) in [5, 5.41) is 0.760. The molecule has 2 aromatic rings. The Morgan fingerprint density at radius 2 is 1.81 bits per heavy atom. The van der Waals surface area contributed by atoms with Gasteiger partial charge >= 0.3 is 0 Å². The first-order valence-corrected chi connectivity index (χ1v) is 6.26. The van der Waals surface area contributed by atoms with Gasteiger partial charge in [-0.1, -0.05) is 41.6 Å². The number of hydrogen-bond acceptors (Lipinski definition) is 3. The largest absolute Gasteiger partial charge is 0.437 e. The summed E-state index contributed by atoms with van der Waals surface area (Å²) in [7, 11) is 0. The van der Waals surface area contributed by atoms with Crippen LogP contribution in [0, 0.1) is 20.8 Å². The molecule has 0 bridgehead atoms. The summed E-state index contributed by atoms with van der Waals surface area (Å²) in [5.41, 5.74) is 3.56. The van der Waals surface area contributed by atoms with E-state index in [1.165, 1.54) is 11.1 Å². The Morgan fingerprint density at radius 3 is 2.38 bits per heavy atom. The van der Waals surface area contributed by atoms with Crippen molar-refractivity contribution in [3.05, 3.63) is 46.8 Å². The molecule has 0 radical (unpaired) electrons. The maximum Gasteiger partial charge on any atom is 0.256 e. The van der Waals surface area contributed by atoms with Crippen molar-refractivity contribution in [3.8, 4) is 0 Å². The van der Waals surface area contributed by atoms with E-state index in [9.17, 15) is 0 Å². The number of oxazole rings is 1. The number of aryl methyl sites for hydroxylation is 3. The Hall–Kier alpha value is -1.22. The predicted molar refractivity (Wildman–Crippen MR) is 66.7 cm³/mol. The van der Waals surface area contributed by atoms with Crippen molar-refractivity contribution in [1.82, 2.24) is 4.98 Å². The highest BCUT2D eigenvalue weighted by Gasteiger charge is 2.05. The number of aromatic nitrogens is 1. The fourth-order valence-corrected chi connectivity index (χ4v) is 2.20. The molecule has 0 aliphatic carbocycles. The van der Waals surface area contributed by atoms with Crippen molar-refractivity contribution in [3.63, 3.8) is 0 Å². The number of benzene rings is 1. The number of nitrogens with zero attached hydrogens (tertiary/aromatic N) is 1. The topological polar surface area (TPSA) is 26.0 Å². The van der Waals surface area contributed by atoms with Crippen LogP contribution in [-0.2, 0) is 5.75 Å². The molecule has 3 heteroatoms. The Morgan fingerprint density at radius 1 is 1.12 bits per heavy atom. The summed E-state index contributed by atoms with van der Waals surface area (Å²) in [4.78, 5) is 4.34. The van der Waals surface area contributed by atoms with Gasteiger partial charge in [-0.3, -0.25) is 0 Å². The highest BCUT2D eigenvalue weighted by molar-refractivity contribution is 7.98. The van der Waals surface area contributed by atoms with Crippen LogP contribution in [0.4, 0.5) is 0 Å². The van der Waals surface area contributed by atoms with Crippen molar-refractivity contribution in [2.75, 3.05) is 0 Å². The Bertz CT molecular complexity index is 454. The van der Waals surface area contributed by atoms with Gasteiger partial charge in [0.15, 0.2) is 0 Å². The van der Waals surface area contributed by atoms with Crippen LogP contribution in [0.2, 0.25) is 0 Å². The molecule has 0 saturated carbocycles. The minimum absolute atomic E-state index is 0.760. The molecular formula is C13H15NOS. The molecule has 1 aromatic carbocycles. The van der Waals surface area contributed by atoms with Gasteiger partial charge in [-0.05, 0) is 26.3 Å². The third-order valence-corrected chi connectivity index (χ3v) is 3.39. The zero-order valence-electron chi connectivity index (χ0n) is 9.78. The molecule has 84 valence electrons. The van der Waals surface area contributed by atoms with Gasteiger partial charge in [-0.15, -0.1) is 0 Å². The molecule has 1 heterocycles. The van der Waals surface area contributed by atoms with Crippen LogP contribution < -0.4 is 0 Å². The maximum absolute atomic E-state index is 5.51. The number of hydrogen-bond donors (Lipinski definition) is 0. The van der Waals surface area contributed by atoms with Crippen LogP contribution in [0.1, 0.15) is 22.6 Å². The van der Waals surface area contributed by atoms with E-state index < -0.39 is 0 Å². The molecule has 2 nitrogen and oxygen atoms in total. The second-order valence-electron chi connectivity index (χ2n) is 3.90. The highest BCUT2D eigenvalue weighted by atomic mass is 32.2. The summed E-state index contributed by atoms with van der Waals surface area (Å²) in [6.07, 6.45) is 0. The van der Waals surface area contributed by atoms with Gasteiger partial charge in [-0.2, -0.15) is 0 Å². The summed E-state index contributed by atoms with van der Waals surface area (Å²) < 4.78 is 5.51. The fourth-order valence-electron chi connectivity index (χ4n) is 1.33. The third-order valence-electron chi connectivity index (χ3n) is 2.49. The van der Waals surface area contributed by atoms with Crippen LogP contribution in [0.25, 0.3) is 0 Å². The molecular weight excluding hydrogens is 218 g/mol. The van der Waals surface area contributed by atoms with Crippen molar-refractivity contribution in [1.29, 1.82) is 0 Å². The van der Waals surface area contributed by atoms with Crippen LogP contribution in [0.3, 0.4) is 0 Å². The molecule has 16 heavy (non-hydrogen) atoms. The average Bonchev–Trinajstić information content (AvgIpc) is 2.58. The SMILES string of the molecule is Cc1ccc(CSc2nc(C)c(C)o2)cc1. The molecule has 0 unspecified atom stereocenters. The normalized spacial score (nSPS) is 10.7. The smallest absolute Gasteiger partial charge is 0.256 e. The number of thioether (sulfide) groups is 1. The molecule has 0 amide bonds. The van der Waals surface area contributed by atoms with Crippen LogP contribution in [0.15, 0.2) is 33.9 Å². The first-order chi connectivity index (χ1) is 7.65. The monoisotopic (exact) mass is 233 g/mol. The molecule has 0 spiro atoms. The zero-order valence-corrected chi connectivity index (χ0v) is 10.6. The van der Waals surface area contributed by atoms with Gasteiger partial charge in [0.05, 0.1) is 5.69 Å². The molecule has 0 aliphatic rings. The van der Waals surface area contributed by atoms with Crippen molar-refractivity contribution in [2.45, 2.75) is 31.7 Å². The minimum atomic E-state index is 0.760. The molecule has 0 saturated heterocycles. The lowest BCUT2D eigenvalue weighted by Crippen LogP contribution is -1.81. The Kier molecular flexibility index (Phi) is 3.34. The van der Waals surface area contributed by atoms with E-state index >= 15 is 0 Å². The van der Waals surface area contributed by atoms with Crippen molar-refractivity contribution >= 4 is 11.8 Å². The summed E-state index contributed by atoms with van der Waals surface area (Å²) in [5.74, 6) is 1.81. The first-order valence-electron chi connectivity index (χ1n) is 5.27. The lowest BCUT2D eigenvalue weighted by Gasteiger charge is -1.98. The van der Waals surface area contributed by atoms with Crippen LogP contribution in [-0.4, -0.2) is 4.98 Å². The molecule has 1 aromatic heterocycles. The molecule has 0 atom stereocenters. The summed E-state index contributed by atoms with van der Waals surface area (Å²) in [6.45, 7) is 6.00. The molecule has 0 fully saturated rings. The van der Waals surface area contributed by atoms with Gasteiger partial charge in [0.25, 0.3) is 5.22 Å². The van der Waals surface area contributed by atoms with Crippen molar-refractivity contribution in [2.24, 2.45) is 0 Å². The van der Waals surface area contributed by atoms with Crippen LogP contribution in [0.5, 0.6) is 0 Å². The average molecular weight is 233 g/mol. The van der Waals surface area contributed by atoms with E-state index in [0.717, 1.165) is 22.4 Å². The summed E-state index contributed by atoms with van der Waals surface area (Å²) >= 11 is 1.64. The minimum Gasteiger partial charge on any atom is -0.437 e. The highest BCUT2D eigenvalue weighted by Crippen LogP contribution is 2.23. The van der Waals surface area contributed by atoms with E-state index in [1.807, 2.05) is 13.8 Å². The van der Waals surface area contributed by atoms with Gasteiger partial charge < -0.3 is 4.42 Å². The quantitative estimate of drug-likeness (QED) is 0.752. The van der Waals surface area contributed by atoms with E-state index in [1.54, 1.807) is 11.8 Å². The lowest BCUT2D eigenvalue weighted by atomic mass is 10.2. The Balaban J connectivity index is 1.99. The first kappa shape index (κ1) is 11.3. The van der Waals surface area contributed by atoms with Gasteiger partial charge in [0.2, 0.25) is 0 Å². The zero-order chi connectivity index (χ0) is 11.5. The molecule has 0 aliphatic heterocycles. The van der Waals surface area contributed by atoms with Gasteiger partial charge in [0.1, 0.15) is 5.76 Å². The van der Waals surface area contributed by atoms with E-state index in [2.05, 4.69) is 36.2 Å². The molecule has 0 N–H and O–H groups in total. The van der Waals surface area contributed by atoms with E-state index in [-0.39, 0.29) is 0 Å². The second kappa shape index (κ2) is 4.74. The molecule has 2 rings (SSSR count). The van der Waals surface area contributed by atoms with E-state index in [4.69, 9.17) is 4.42 Å². The number of rotatable bonds is 3. The third kappa shape index (κ3) is 2.67. The van der Waals surface area contributed by atoms with Crippen molar-refractivity contribution < 1.29 is 4.42 Å². The van der Waals surface area contributed by atoms with Gasteiger partial charge in [0, 0.05) is 5.75 Å². The maximum atomic E-state index is 5.51. The summed E-state index contributed by atoms with van der Waals surface area (Å²) in [6, 6.07) is 8.54. The fraction of sp³-hybridized carbons (Fsp3) is 0.308. The second-order valence-corrected chi connectivity index (χ2v) is 4.82.